The van der Waals surface area contributed by atoms with Crippen molar-refractivity contribution in [3.63, 3.8) is 0 Å². The SMILES string of the molecule is C[C@@H](OC(=O)Nc1c(-c2ccc(NC(=O)C3CCCCC3)cn2)nnn1C)c1cccnc1Cl. The van der Waals surface area contributed by atoms with E-state index in [4.69, 9.17) is 16.3 Å². The molecular weight excluding hydrogens is 458 g/mol. The Bertz CT molecular complexity index is 1160. The maximum Gasteiger partial charge on any atom is 0.413 e. The van der Waals surface area contributed by atoms with Gasteiger partial charge in [0.2, 0.25) is 5.91 Å². The van der Waals surface area contributed by atoms with Crippen molar-refractivity contribution in [3.8, 4) is 11.4 Å². The van der Waals surface area contributed by atoms with E-state index >= 15 is 0 Å². The van der Waals surface area contributed by atoms with Crippen LogP contribution in [-0.2, 0) is 16.6 Å². The number of carbonyl (C=O) groups excluding carboxylic acids is 2. The Labute approximate surface area is 202 Å². The summed E-state index contributed by atoms with van der Waals surface area (Å²) in [5.74, 6) is 0.404. The van der Waals surface area contributed by atoms with Crippen molar-refractivity contribution in [2.24, 2.45) is 13.0 Å². The first-order chi connectivity index (χ1) is 16.4. The first kappa shape index (κ1) is 23.6. The number of rotatable bonds is 6. The molecule has 3 aromatic rings. The quantitative estimate of drug-likeness (QED) is 0.484. The number of nitrogens with one attached hydrogen (secondary N) is 2. The summed E-state index contributed by atoms with van der Waals surface area (Å²) in [6.45, 7) is 1.70. The topological polar surface area (TPSA) is 124 Å². The third-order valence-corrected chi connectivity index (χ3v) is 6.12. The van der Waals surface area contributed by atoms with Gasteiger partial charge >= 0.3 is 6.09 Å². The third-order valence-electron chi connectivity index (χ3n) is 5.81. The van der Waals surface area contributed by atoms with Crippen LogP contribution in [0, 0.1) is 5.92 Å². The molecule has 1 aliphatic rings. The molecule has 0 bridgehead atoms. The Morgan fingerprint density at radius 1 is 1.15 bits per heavy atom. The predicted octanol–water partition coefficient (Wildman–Crippen LogP) is 4.75. The number of aryl methyl sites for hydroxylation is 1. The molecule has 1 atom stereocenters. The molecule has 11 heteroatoms. The molecule has 1 fully saturated rings. The van der Waals surface area contributed by atoms with Crippen LogP contribution in [0.15, 0.2) is 36.7 Å². The average molecular weight is 484 g/mol. The summed E-state index contributed by atoms with van der Waals surface area (Å²) in [6.07, 6.45) is 7.04. The van der Waals surface area contributed by atoms with E-state index < -0.39 is 12.2 Å². The number of hydrogen-bond acceptors (Lipinski definition) is 7. The summed E-state index contributed by atoms with van der Waals surface area (Å²) < 4.78 is 6.86. The minimum Gasteiger partial charge on any atom is -0.441 e. The molecule has 0 spiro atoms. The molecule has 4 rings (SSSR count). The third kappa shape index (κ3) is 5.51. The standard InChI is InChI=1S/C23H26ClN7O3/c1-14(17-9-6-12-25-20(17)24)34-23(33)28-21-19(29-30-31(21)2)18-11-10-16(13-26-18)27-22(32)15-7-4-3-5-8-15/h6,9-15H,3-5,7-8H2,1-2H3,(H,27,32)(H,28,33)/t14-/m1/s1. The van der Waals surface area contributed by atoms with Gasteiger partial charge in [-0.3, -0.25) is 15.1 Å². The second kappa shape index (κ2) is 10.6. The average Bonchev–Trinajstić information content (AvgIpc) is 3.20. The molecule has 0 unspecified atom stereocenters. The normalized spacial score (nSPS) is 14.9. The summed E-state index contributed by atoms with van der Waals surface area (Å²) in [5, 5.41) is 14.0. The molecule has 3 aromatic heterocycles. The fourth-order valence-electron chi connectivity index (χ4n) is 3.94. The smallest absolute Gasteiger partial charge is 0.413 e. The zero-order valence-electron chi connectivity index (χ0n) is 19.0. The zero-order valence-corrected chi connectivity index (χ0v) is 19.7. The van der Waals surface area contributed by atoms with E-state index in [9.17, 15) is 9.59 Å². The van der Waals surface area contributed by atoms with Crippen LogP contribution < -0.4 is 10.6 Å². The molecule has 178 valence electrons. The zero-order chi connectivity index (χ0) is 24.1. The van der Waals surface area contributed by atoms with Gasteiger partial charge in [0.1, 0.15) is 11.3 Å². The minimum absolute atomic E-state index is 0.0293. The number of nitrogens with zero attached hydrogens (tertiary/aromatic N) is 5. The van der Waals surface area contributed by atoms with Crippen molar-refractivity contribution in [1.29, 1.82) is 0 Å². The van der Waals surface area contributed by atoms with Crippen LogP contribution in [0.2, 0.25) is 5.15 Å². The molecule has 1 aliphatic carbocycles. The van der Waals surface area contributed by atoms with Gasteiger partial charge in [-0.25, -0.2) is 14.5 Å². The maximum atomic E-state index is 12.5. The highest BCUT2D eigenvalue weighted by molar-refractivity contribution is 6.30. The fraction of sp³-hybridized carbons (Fsp3) is 0.391. The molecule has 34 heavy (non-hydrogen) atoms. The first-order valence-corrected chi connectivity index (χ1v) is 11.5. The van der Waals surface area contributed by atoms with Gasteiger partial charge in [0.25, 0.3) is 0 Å². The van der Waals surface area contributed by atoms with Gasteiger partial charge in [-0.1, -0.05) is 42.1 Å². The first-order valence-electron chi connectivity index (χ1n) is 11.2. The van der Waals surface area contributed by atoms with Crippen LogP contribution in [0.25, 0.3) is 11.4 Å². The number of carbonyl (C=O) groups is 2. The Hall–Kier alpha value is -3.53. The van der Waals surface area contributed by atoms with Crippen LogP contribution in [0.1, 0.15) is 50.7 Å². The van der Waals surface area contributed by atoms with Crippen LogP contribution in [0.4, 0.5) is 16.3 Å². The van der Waals surface area contributed by atoms with Crippen molar-refractivity contribution in [1.82, 2.24) is 25.0 Å². The molecule has 1 saturated carbocycles. The summed E-state index contributed by atoms with van der Waals surface area (Å²) in [6, 6.07) is 6.93. The molecule has 3 heterocycles. The number of ether oxygens (including phenoxy) is 1. The van der Waals surface area contributed by atoms with Crippen molar-refractivity contribution in [3.05, 3.63) is 47.4 Å². The van der Waals surface area contributed by atoms with E-state index in [0.29, 0.717) is 28.5 Å². The van der Waals surface area contributed by atoms with E-state index in [2.05, 4.69) is 30.9 Å². The van der Waals surface area contributed by atoms with Gasteiger partial charge in [0.15, 0.2) is 11.5 Å². The van der Waals surface area contributed by atoms with E-state index in [1.54, 1.807) is 50.6 Å². The predicted molar refractivity (Wildman–Crippen MR) is 127 cm³/mol. The van der Waals surface area contributed by atoms with Gasteiger partial charge in [-0.05, 0) is 38.0 Å². The lowest BCUT2D eigenvalue weighted by Gasteiger charge is -2.20. The van der Waals surface area contributed by atoms with Crippen molar-refractivity contribution < 1.29 is 14.3 Å². The van der Waals surface area contributed by atoms with Crippen LogP contribution in [0.5, 0.6) is 0 Å². The van der Waals surface area contributed by atoms with E-state index in [1.165, 1.54) is 11.1 Å². The lowest BCUT2D eigenvalue weighted by atomic mass is 9.88. The van der Waals surface area contributed by atoms with E-state index in [-0.39, 0.29) is 17.0 Å². The van der Waals surface area contributed by atoms with E-state index in [1.807, 2.05) is 0 Å². The number of aromatic nitrogens is 5. The summed E-state index contributed by atoms with van der Waals surface area (Å²) in [4.78, 5) is 33.4. The molecule has 0 aromatic carbocycles. The number of amides is 2. The lowest BCUT2D eigenvalue weighted by Crippen LogP contribution is -2.24. The number of pyridine rings is 2. The summed E-state index contributed by atoms with van der Waals surface area (Å²) >= 11 is 6.08. The molecule has 0 radical (unpaired) electrons. The highest BCUT2D eigenvalue weighted by atomic mass is 35.5. The Morgan fingerprint density at radius 3 is 2.65 bits per heavy atom. The number of halogens is 1. The second-order valence-electron chi connectivity index (χ2n) is 8.22. The highest BCUT2D eigenvalue weighted by Crippen LogP contribution is 2.28. The highest BCUT2D eigenvalue weighted by Gasteiger charge is 2.22. The largest absolute Gasteiger partial charge is 0.441 e. The van der Waals surface area contributed by atoms with Gasteiger partial charge in [0.05, 0.1) is 17.6 Å². The fourth-order valence-corrected chi connectivity index (χ4v) is 4.21. The van der Waals surface area contributed by atoms with Crippen molar-refractivity contribution in [2.75, 3.05) is 10.6 Å². The Kier molecular flexibility index (Phi) is 7.36. The van der Waals surface area contributed by atoms with Crippen molar-refractivity contribution in [2.45, 2.75) is 45.1 Å². The number of hydrogen-bond donors (Lipinski definition) is 2. The van der Waals surface area contributed by atoms with Gasteiger partial charge in [-0.15, -0.1) is 5.10 Å². The van der Waals surface area contributed by atoms with Crippen LogP contribution in [0.3, 0.4) is 0 Å². The molecule has 0 saturated heterocycles. The van der Waals surface area contributed by atoms with Crippen LogP contribution >= 0.6 is 11.6 Å². The minimum atomic E-state index is -0.699. The second-order valence-corrected chi connectivity index (χ2v) is 8.58. The van der Waals surface area contributed by atoms with Gasteiger partial charge in [0, 0.05) is 24.7 Å². The summed E-state index contributed by atoms with van der Waals surface area (Å²) in [5.41, 5.74) is 2.06. The Balaban J connectivity index is 1.42. The molecule has 10 nitrogen and oxygen atoms in total. The molecule has 2 amide bonds. The van der Waals surface area contributed by atoms with Crippen LogP contribution in [-0.4, -0.2) is 37.0 Å². The lowest BCUT2D eigenvalue weighted by molar-refractivity contribution is -0.120. The summed E-state index contributed by atoms with van der Waals surface area (Å²) in [7, 11) is 1.65. The van der Waals surface area contributed by atoms with Crippen molar-refractivity contribution >= 4 is 35.1 Å². The molecule has 2 N–H and O–H groups in total. The van der Waals surface area contributed by atoms with Gasteiger partial charge in [-0.2, -0.15) is 0 Å². The Morgan fingerprint density at radius 2 is 1.94 bits per heavy atom. The van der Waals surface area contributed by atoms with E-state index in [0.717, 1.165) is 25.7 Å². The van der Waals surface area contributed by atoms with Gasteiger partial charge < -0.3 is 10.1 Å². The molecule has 0 aliphatic heterocycles. The molecular formula is C23H26ClN7O3. The monoisotopic (exact) mass is 483 g/mol. The maximum absolute atomic E-state index is 12.5. The number of anilines is 2.